The molecule has 1 aliphatic heterocycles. The molecule has 1 fully saturated rings. The van der Waals surface area contributed by atoms with Gasteiger partial charge in [0.2, 0.25) is 27.8 Å². The zero-order valence-electron chi connectivity index (χ0n) is 16.3. The Morgan fingerprint density at radius 3 is 2.66 bits per heavy atom. The Balaban J connectivity index is 1.68. The maximum absolute atomic E-state index is 12.8. The van der Waals surface area contributed by atoms with Gasteiger partial charge in [-0.15, -0.1) is 5.10 Å². The van der Waals surface area contributed by atoms with Crippen molar-refractivity contribution in [3.05, 3.63) is 30.3 Å². The molecule has 0 aliphatic carbocycles. The van der Waals surface area contributed by atoms with E-state index in [-0.39, 0.29) is 10.8 Å². The summed E-state index contributed by atoms with van der Waals surface area (Å²) >= 11 is 1.54. The summed E-state index contributed by atoms with van der Waals surface area (Å²) in [6, 6.07) is 7.09. The molecule has 0 spiro atoms. The number of hydrogen-bond acceptors (Lipinski definition) is 7. The fourth-order valence-electron chi connectivity index (χ4n) is 3.08. The van der Waals surface area contributed by atoms with Crippen LogP contribution in [0.1, 0.15) is 25.7 Å². The molecule has 1 aliphatic rings. The van der Waals surface area contributed by atoms with E-state index in [1.807, 2.05) is 6.26 Å². The van der Waals surface area contributed by atoms with E-state index in [2.05, 4.69) is 30.1 Å². The van der Waals surface area contributed by atoms with Crippen LogP contribution in [0, 0.1) is 0 Å². The molecule has 2 aromatic rings. The number of rotatable bonds is 9. The number of H-pyrrole nitrogens is 1. The Bertz CT molecular complexity index is 897. The molecule has 0 bridgehead atoms. The molecule has 2 heterocycles. The number of nitrogens with one attached hydrogen (secondary N) is 3. The summed E-state index contributed by atoms with van der Waals surface area (Å²) in [4.78, 5) is 19.3. The quantitative estimate of drug-likeness (QED) is 0.546. The Hall–Kier alpha value is -2.11. The Morgan fingerprint density at radius 2 is 1.97 bits per heavy atom. The minimum Gasteiger partial charge on any atom is -0.340 e. The van der Waals surface area contributed by atoms with Gasteiger partial charge in [0.25, 0.3) is 0 Å². The summed E-state index contributed by atoms with van der Waals surface area (Å²) in [6.07, 6.45) is 5.64. The van der Waals surface area contributed by atoms with Crippen molar-refractivity contribution in [2.45, 2.75) is 36.6 Å². The summed E-state index contributed by atoms with van der Waals surface area (Å²) in [6.45, 7) is 1.77. The van der Waals surface area contributed by atoms with Gasteiger partial charge in [-0.2, -0.15) is 21.5 Å². The lowest BCUT2D eigenvalue weighted by Gasteiger charge is -2.24. The number of hydrogen-bond donors (Lipinski definition) is 3. The molecule has 0 radical (unpaired) electrons. The number of carbonyl (C=O) groups is 1. The highest BCUT2D eigenvalue weighted by atomic mass is 32.2. The van der Waals surface area contributed by atoms with Crippen molar-refractivity contribution in [1.29, 1.82) is 0 Å². The van der Waals surface area contributed by atoms with Crippen LogP contribution in [0.5, 0.6) is 0 Å². The smallest absolute Gasteiger partial charge is 0.246 e. The SMILES string of the molecule is CSCCC(NS(=O)(=O)c1ccccc1)C(=O)Nc1nc(N2CCCCC2)n[nH]1. The van der Waals surface area contributed by atoms with Crippen molar-refractivity contribution in [3.8, 4) is 0 Å². The van der Waals surface area contributed by atoms with Crippen molar-refractivity contribution in [3.63, 3.8) is 0 Å². The summed E-state index contributed by atoms with van der Waals surface area (Å²) in [5, 5.41) is 9.54. The zero-order valence-corrected chi connectivity index (χ0v) is 17.9. The molecule has 1 aromatic heterocycles. The lowest BCUT2D eigenvalue weighted by atomic mass is 10.1. The average molecular weight is 439 g/mol. The number of carbonyl (C=O) groups excluding carboxylic acids is 1. The highest BCUT2D eigenvalue weighted by Gasteiger charge is 2.26. The van der Waals surface area contributed by atoms with Gasteiger partial charge in [0.05, 0.1) is 4.90 Å². The van der Waals surface area contributed by atoms with Gasteiger partial charge in [0.1, 0.15) is 6.04 Å². The number of aromatic nitrogens is 3. The third-order valence-corrected chi connectivity index (χ3v) is 6.76. The molecule has 9 nitrogen and oxygen atoms in total. The van der Waals surface area contributed by atoms with E-state index >= 15 is 0 Å². The molecular weight excluding hydrogens is 412 g/mol. The second-order valence-electron chi connectivity index (χ2n) is 6.79. The second kappa shape index (κ2) is 10.1. The highest BCUT2D eigenvalue weighted by molar-refractivity contribution is 7.98. The number of sulfonamides is 1. The van der Waals surface area contributed by atoms with E-state index in [9.17, 15) is 13.2 Å². The van der Waals surface area contributed by atoms with Gasteiger partial charge in [-0.3, -0.25) is 10.1 Å². The van der Waals surface area contributed by atoms with Crippen LogP contribution in [0.3, 0.4) is 0 Å². The normalized spacial score (nSPS) is 15.8. The Labute approximate surface area is 175 Å². The standard InChI is InChI=1S/C18H26N6O3S2/c1-28-13-10-15(23-29(26,27)14-8-4-2-5-9-14)16(25)19-17-20-18(22-21-17)24-11-6-3-7-12-24/h2,4-5,8-9,15,23H,3,6-7,10-13H2,1H3,(H2,19,20,21,22,25). The van der Waals surface area contributed by atoms with Gasteiger partial charge in [-0.1, -0.05) is 18.2 Å². The maximum Gasteiger partial charge on any atom is 0.246 e. The van der Waals surface area contributed by atoms with Gasteiger partial charge in [-0.25, -0.2) is 13.5 Å². The minimum atomic E-state index is -3.81. The Morgan fingerprint density at radius 1 is 1.24 bits per heavy atom. The molecule has 3 N–H and O–H groups in total. The molecule has 1 atom stereocenters. The molecule has 1 unspecified atom stereocenters. The van der Waals surface area contributed by atoms with E-state index in [0.29, 0.717) is 18.1 Å². The minimum absolute atomic E-state index is 0.119. The third-order valence-electron chi connectivity index (χ3n) is 4.63. The monoisotopic (exact) mass is 438 g/mol. The van der Waals surface area contributed by atoms with Crippen LogP contribution >= 0.6 is 11.8 Å². The molecule has 0 saturated carbocycles. The first-order valence-corrected chi connectivity index (χ1v) is 12.4. The van der Waals surface area contributed by atoms with E-state index in [1.54, 1.807) is 30.0 Å². The van der Waals surface area contributed by atoms with Crippen LogP contribution in [-0.2, 0) is 14.8 Å². The van der Waals surface area contributed by atoms with Crippen LogP contribution < -0.4 is 14.9 Å². The number of nitrogens with zero attached hydrogens (tertiary/aromatic N) is 3. The first kappa shape index (κ1) is 21.6. The fraction of sp³-hybridized carbons (Fsp3) is 0.500. The molecule has 1 amide bonds. The molecule has 158 valence electrons. The summed E-state index contributed by atoms with van der Waals surface area (Å²) in [5.41, 5.74) is 0. The molecule has 29 heavy (non-hydrogen) atoms. The largest absolute Gasteiger partial charge is 0.340 e. The Kier molecular flexibility index (Phi) is 7.51. The van der Waals surface area contributed by atoms with Gasteiger partial charge in [-0.05, 0) is 49.8 Å². The molecule has 1 aromatic carbocycles. The van der Waals surface area contributed by atoms with Gasteiger partial charge >= 0.3 is 0 Å². The van der Waals surface area contributed by atoms with Gasteiger partial charge < -0.3 is 4.90 Å². The number of anilines is 2. The topological polar surface area (TPSA) is 120 Å². The maximum atomic E-state index is 12.8. The summed E-state index contributed by atoms with van der Waals surface area (Å²) in [7, 11) is -3.81. The molecular formula is C18H26N6O3S2. The molecule has 11 heteroatoms. The lowest BCUT2D eigenvalue weighted by molar-refractivity contribution is -0.117. The third kappa shape index (κ3) is 5.94. The van der Waals surface area contributed by atoms with Crippen LogP contribution in [0.4, 0.5) is 11.9 Å². The number of amides is 1. The van der Waals surface area contributed by atoms with E-state index in [4.69, 9.17) is 0 Å². The van der Waals surface area contributed by atoms with Crippen molar-refractivity contribution in [2.24, 2.45) is 0 Å². The molecule has 3 rings (SSSR count). The summed E-state index contributed by atoms with van der Waals surface area (Å²) < 4.78 is 27.8. The molecule has 1 saturated heterocycles. The van der Waals surface area contributed by atoms with Crippen LogP contribution in [0.2, 0.25) is 0 Å². The fourth-order valence-corrected chi connectivity index (χ4v) is 4.80. The number of thioether (sulfide) groups is 1. The first-order valence-electron chi connectivity index (χ1n) is 9.54. The van der Waals surface area contributed by atoms with Crippen LogP contribution in [0.25, 0.3) is 0 Å². The van der Waals surface area contributed by atoms with Gasteiger partial charge in [0.15, 0.2) is 0 Å². The number of benzene rings is 1. The van der Waals surface area contributed by atoms with Crippen molar-refractivity contribution >= 4 is 39.6 Å². The zero-order chi connectivity index (χ0) is 20.7. The average Bonchev–Trinajstić information content (AvgIpc) is 3.21. The van der Waals surface area contributed by atoms with E-state index in [0.717, 1.165) is 25.9 Å². The first-order chi connectivity index (χ1) is 14.0. The predicted octanol–water partition coefficient (Wildman–Crippen LogP) is 1.83. The van der Waals surface area contributed by atoms with E-state index in [1.165, 1.54) is 18.6 Å². The predicted molar refractivity (Wildman–Crippen MR) is 115 cm³/mol. The van der Waals surface area contributed by atoms with Crippen LogP contribution in [0.15, 0.2) is 35.2 Å². The number of piperidine rings is 1. The van der Waals surface area contributed by atoms with Crippen molar-refractivity contribution in [1.82, 2.24) is 19.9 Å². The van der Waals surface area contributed by atoms with Crippen molar-refractivity contribution < 1.29 is 13.2 Å². The van der Waals surface area contributed by atoms with Crippen LogP contribution in [-0.4, -0.2) is 60.6 Å². The lowest BCUT2D eigenvalue weighted by Crippen LogP contribution is -2.44. The van der Waals surface area contributed by atoms with Crippen molar-refractivity contribution in [2.75, 3.05) is 35.3 Å². The second-order valence-corrected chi connectivity index (χ2v) is 9.49. The van der Waals surface area contributed by atoms with E-state index < -0.39 is 22.0 Å². The highest BCUT2D eigenvalue weighted by Crippen LogP contribution is 2.17. The van der Waals surface area contributed by atoms with Gasteiger partial charge in [0, 0.05) is 13.1 Å². The number of aromatic amines is 1. The summed E-state index contributed by atoms with van der Waals surface area (Å²) in [5.74, 6) is 0.916.